The van der Waals surface area contributed by atoms with Gasteiger partial charge in [-0.15, -0.1) is 0 Å². The Kier molecular flexibility index (Phi) is 47.3. The Morgan fingerprint density at radius 1 is 0.449 bits per heavy atom. The molecule has 0 aromatic rings. The van der Waals surface area contributed by atoms with E-state index in [1.165, 1.54) is 238 Å². The summed E-state index contributed by atoms with van der Waals surface area (Å²) in [5.41, 5.74) is 0. The third-order valence-electron chi connectivity index (χ3n) is 15.1. The van der Waals surface area contributed by atoms with Crippen LogP contribution in [0.5, 0.6) is 0 Å². The Hall–Kier alpha value is -0.850. The monoisotopic (exact) mass is 984 g/mol. The first-order chi connectivity index (χ1) is 33.8. The van der Waals surface area contributed by atoms with E-state index < -0.39 is 55.6 Å². The summed E-state index contributed by atoms with van der Waals surface area (Å²) in [5, 5.41) is 65.2. The molecule has 1 aliphatic heterocycles. The van der Waals surface area contributed by atoms with Crippen molar-refractivity contribution in [2.75, 3.05) is 13.2 Å². The molecule has 1 rings (SSSR count). The minimum Gasteiger partial charge on any atom is -0.394 e. The van der Waals surface area contributed by atoms with E-state index in [0.717, 1.165) is 44.9 Å². The third-order valence-corrected chi connectivity index (χ3v) is 15.1. The van der Waals surface area contributed by atoms with Gasteiger partial charge in [0.15, 0.2) is 6.29 Å². The molecule has 412 valence electrons. The highest BCUT2D eigenvalue weighted by Crippen LogP contribution is 2.24. The normalized spacial score (nSPS) is 19.8. The summed E-state index contributed by atoms with van der Waals surface area (Å²) in [6.45, 7) is 3.62. The van der Waals surface area contributed by atoms with Crippen LogP contribution in [-0.2, 0) is 14.3 Å². The fraction of sp³-hybridized carbons (Fsp3) is 0.983. The molecule has 0 spiro atoms. The lowest BCUT2D eigenvalue weighted by molar-refractivity contribution is -0.303. The number of aliphatic hydroxyl groups excluding tert-OH is 6. The second-order valence-electron chi connectivity index (χ2n) is 21.7. The number of rotatable bonds is 53. The SMILES string of the molecule is CCCCCCCCCCCCCCCCCCCCCCCCCCCCCCCCCCCCCC(=O)N[C@@H](CO[C@@H]1O[C@H](CO)[C@H](O)C(O)C1O)[C@H](O)[C@H](O)CCCCCCCCCCC. The molecule has 7 N–H and O–H groups in total. The summed E-state index contributed by atoms with van der Waals surface area (Å²) < 4.78 is 11.2. The maximum absolute atomic E-state index is 13.0. The molecule has 0 aromatic heterocycles. The molecule has 2 unspecified atom stereocenters. The van der Waals surface area contributed by atoms with Crippen LogP contribution in [0.25, 0.3) is 0 Å². The summed E-state index contributed by atoms with van der Waals surface area (Å²) in [7, 11) is 0. The average Bonchev–Trinajstić information content (AvgIpc) is 3.35. The number of hydrogen-bond donors (Lipinski definition) is 7. The van der Waals surface area contributed by atoms with Gasteiger partial charge in [-0.1, -0.05) is 290 Å². The van der Waals surface area contributed by atoms with Crippen molar-refractivity contribution in [3.8, 4) is 0 Å². The quantitative estimate of drug-likeness (QED) is 0.0293. The van der Waals surface area contributed by atoms with Crippen LogP contribution in [0, 0.1) is 0 Å². The zero-order valence-corrected chi connectivity index (χ0v) is 45.5. The van der Waals surface area contributed by atoms with Crippen LogP contribution in [-0.4, -0.2) is 98.7 Å². The summed E-state index contributed by atoms with van der Waals surface area (Å²) in [5.74, 6) is -0.252. The zero-order valence-electron chi connectivity index (χ0n) is 45.5. The molecule has 0 saturated carbocycles. The van der Waals surface area contributed by atoms with E-state index in [9.17, 15) is 35.4 Å². The van der Waals surface area contributed by atoms with Crippen molar-refractivity contribution in [1.29, 1.82) is 0 Å². The molecule has 0 radical (unpaired) electrons. The molecule has 1 amide bonds. The minimum absolute atomic E-state index is 0.252. The molecule has 10 nitrogen and oxygen atoms in total. The van der Waals surface area contributed by atoms with E-state index in [1.807, 2.05) is 0 Å². The Morgan fingerprint density at radius 3 is 1.07 bits per heavy atom. The molecule has 1 heterocycles. The van der Waals surface area contributed by atoms with Crippen molar-refractivity contribution in [2.45, 2.75) is 358 Å². The summed E-state index contributed by atoms with van der Waals surface area (Å²) in [4.78, 5) is 13.0. The van der Waals surface area contributed by atoms with E-state index in [4.69, 9.17) is 9.47 Å². The van der Waals surface area contributed by atoms with Crippen molar-refractivity contribution < 1.29 is 44.9 Å². The van der Waals surface area contributed by atoms with Gasteiger partial charge >= 0.3 is 0 Å². The Bertz CT molecular complexity index is 1070. The smallest absolute Gasteiger partial charge is 0.220 e. The van der Waals surface area contributed by atoms with Gasteiger partial charge in [-0.05, 0) is 12.8 Å². The van der Waals surface area contributed by atoms with Crippen LogP contribution in [0.4, 0.5) is 0 Å². The van der Waals surface area contributed by atoms with Crippen molar-refractivity contribution in [1.82, 2.24) is 5.32 Å². The predicted octanol–water partition coefficient (Wildman–Crippen LogP) is 14.0. The number of unbranched alkanes of at least 4 members (excludes halogenated alkanes) is 42. The fourth-order valence-electron chi connectivity index (χ4n) is 10.2. The van der Waals surface area contributed by atoms with E-state index in [0.29, 0.717) is 6.42 Å². The number of nitrogens with one attached hydrogen (secondary N) is 1. The lowest BCUT2D eigenvalue weighted by Crippen LogP contribution is -2.60. The van der Waals surface area contributed by atoms with Gasteiger partial charge in [0.2, 0.25) is 5.91 Å². The van der Waals surface area contributed by atoms with Gasteiger partial charge in [0.25, 0.3) is 0 Å². The maximum atomic E-state index is 13.0. The molecule has 69 heavy (non-hydrogen) atoms. The molecular formula is C59H117NO9. The Balaban J connectivity index is 2.04. The number of carbonyl (C=O) groups is 1. The predicted molar refractivity (Wildman–Crippen MR) is 287 cm³/mol. The van der Waals surface area contributed by atoms with Gasteiger partial charge in [-0.3, -0.25) is 4.79 Å². The Labute approximate surface area is 426 Å². The highest BCUT2D eigenvalue weighted by atomic mass is 16.7. The first-order valence-corrected chi connectivity index (χ1v) is 30.3. The second kappa shape index (κ2) is 49.4. The number of amides is 1. The van der Waals surface area contributed by atoms with Crippen molar-refractivity contribution in [3.05, 3.63) is 0 Å². The molecule has 1 fully saturated rings. The molecule has 0 aliphatic carbocycles. The molecule has 10 heteroatoms. The van der Waals surface area contributed by atoms with E-state index in [1.54, 1.807) is 0 Å². The summed E-state index contributed by atoms with van der Waals surface area (Å²) >= 11 is 0. The van der Waals surface area contributed by atoms with Crippen LogP contribution in [0.15, 0.2) is 0 Å². The third kappa shape index (κ3) is 38.4. The van der Waals surface area contributed by atoms with Crippen LogP contribution < -0.4 is 5.32 Å². The maximum Gasteiger partial charge on any atom is 0.220 e. The first kappa shape index (κ1) is 66.2. The van der Waals surface area contributed by atoms with Gasteiger partial charge in [0.1, 0.15) is 30.5 Å². The fourth-order valence-corrected chi connectivity index (χ4v) is 10.2. The van der Waals surface area contributed by atoms with Crippen LogP contribution in [0.1, 0.15) is 309 Å². The first-order valence-electron chi connectivity index (χ1n) is 30.3. The molecule has 1 aliphatic rings. The highest BCUT2D eigenvalue weighted by molar-refractivity contribution is 5.76. The van der Waals surface area contributed by atoms with Gasteiger partial charge in [-0.2, -0.15) is 0 Å². The standard InChI is InChI=1S/C59H117NO9/c1-3-5-7-9-11-13-14-15-16-17-18-19-20-21-22-23-24-25-26-27-28-29-30-31-32-33-34-35-36-37-38-40-42-44-46-48-54(63)60-51(50-68-59-58(67)57(66)56(65)53(49-61)69-59)55(64)52(62)47-45-43-41-39-12-10-8-6-4-2/h51-53,55-59,61-62,64-67H,3-50H2,1-2H3,(H,60,63)/t51-,52+,53+,55-,56-,57?,58?,59+/m0/s1. The second-order valence-corrected chi connectivity index (χ2v) is 21.7. The van der Waals surface area contributed by atoms with Crippen molar-refractivity contribution in [3.63, 3.8) is 0 Å². The van der Waals surface area contributed by atoms with Gasteiger partial charge < -0.3 is 45.4 Å². The number of ether oxygens (including phenoxy) is 2. The molecule has 8 atom stereocenters. The van der Waals surface area contributed by atoms with Crippen molar-refractivity contribution >= 4 is 5.91 Å². The number of carbonyl (C=O) groups excluding carboxylic acids is 1. The zero-order chi connectivity index (χ0) is 50.3. The number of hydrogen-bond acceptors (Lipinski definition) is 9. The lowest BCUT2D eigenvalue weighted by atomic mass is 9.98. The molecular weight excluding hydrogens is 867 g/mol. The van der Waals surface area contributed by atoms with E-state index in [2.05, 4.69) is 19.2 Å². The van der Waals surface area contributed by atoms with Gasteiger partial charge in [-0.25, -0.2) is 0 Å². The van der Waals surface area contributed by atoms with Crippen LogP contribution >= 0.6 is 0 Å². The largest absolute Gasteiger partial charge is 0.394 e. The summed E-state index contributed by atoms with van der Waals surface area (Å²) in [6, 6.07) is -0.985. The van der Waals surface area contributed by atoms with Crippen molar-refractivity contribution in [2.24, 2.45) is 0 Å². The minimum atomic E-state index is -1.60. The molecule has 0 aromatic carbocycles. The molecule has 0 bridgehead atoms. The Morgan fingerprint density at radius 2 is 0.754 bits per heavy atom. The summed E-state index contributed by atoms with van der Waals surface area (Å²) in [6.07, 6.45) is 49.0. The molecule has 1 saturated heterocycles. The van der Waals surface area contributed by atoms with Gasteiger partial charge in [0, 0.05) is 6.42 Å². The highest BCUT2D eigenvalue weighted by Gasteiger charge is 2.44. The van der Waals surface area contributed by atoms with E-state index >= 15 is 0 Å². The van der Waals surface area contributed by atoms with Crippen LogP contribution in [0.2, 0.25) is 0 Å². The van der Waals surface area contributed by atoms with E-state index in [-0.39, 0.29) is 18.9 Å². The lowest BCUT2D eigenvalue weighted by Gasteiger charge is -2.40. The average molecular weight is 985 g/mol. The topological polar surface area (TPSA) is 169 Å². The number of aliphatic hydroxyl groups is 6. The van der Waals surface area contributed by atoms with Gasteiger partial charge in [0.05, 0.1) is 25.4 Å². The van der Waals surface area contributed by atoms with Crippen LogP contribution in [0.3, 0.4) is 0 Å².